The molecule has 1 aromatic heterocycles. The maximum Gasteiger partial charge on any atom is 0.233 e. The van der Waals surface area contributed by atoms with Crippen LogP contribution in [0.15, 0.2) is 0 Å². The van der Waals surface area contributed by atoms with Gasteiger partial charge < -0.3 is 5.11 Å². The van der Waals surface area contributed by atoms with Crippen molar-refractivity contribution in [2.24, 2.45) is 5.92 Å². The van der Waals surface area contributed by atoms with Crippen LogP contribution in [0.3, 0.4) is 0 Å². The maximum atomic E-state index is 9.72. The minimum atomic E-state index is 0.224. The molecule has 86 valence electrons. The fourth-order valence-electron chi connectivity index (χ4n) is 1.74. The molecule has 1 N–H and O–H groups in total. The molecule has 0 aliphatic rings. The van der Waals surface area contributed by atoms with Crippen LogP contribution >= 0.6 is 0 Å². The van der Waals surface area contributed by atoms with Gasteiger partial charge in [-0.2, -0.15) is 0 Å². The minimum absolute atomic E-state index is 0.224. The molecule has 0 radical (unpaired) electrons. The third kappa shape index (κ3) is 2.98. The summed E-state index contributed by atoms with van der Waals surface area (Å²) in [7, 11) is 0. The fraction of sp³-hybridized carbons (Fsp3) is 0.750. The number of unbranched alkanes of at least 4 members (excludes halogenated alkanes) is 1. The van der Waals surface area contributed by atoms with Crippen molar-refractivity contribution in [2.75, 3.05) is 0 Å². The highest BCUT2D eigenvalue weighted by molar-refractivity contribution is 5.29. The van der Waals surface area contributed by atoms with Crippen molar-refractivity contribution < 1.29 is 5.11 Å². The first kappa shape index (κ1) is 12.1. The number of aromatic hydroxyl groups is 1. The first-order valence-electron chi connectivity index (χ1n) is 5.81. The van der Waals surface area contributed by atoms with E-state index in [-0.39, 0.29) is 5.88 Å². The number of rotatable bonds is 5. The quantitative estimate of drug-likeness (QED) is 0.811. The SMILES string of the molecule is CCCCc1c(O)nn(CC(C)C)c1C. The predicted octanol–water partition coefficient (Wildman–Crippen LogP) is 2.90. The second-order valence-corrected chi connectivity index (χ2v) is 4.57. The van der Waals surface area contributed by atoms with Gasteiger partial charge in [-0.05, 0) is 25.7 Å². The Bertz CT molecular complexity index is 316. The Morgan fingerprint density at radius 3 is 2.60 bits per heavy atom. The van der Waals surface area contributed by atoms with Crippen molar-refractivity contribution in [1.29, 1.82) is 0 Å². The average Bonchev–Trinajstić information content (AvgIpc) is 2.39. The highest BCUT2D eigenvalue weighted by Crippen LogP contribution is 2.22. The van der Waals surface area contributed by atoms with Crippen LogP contribution in [0.2, 0.25) is 0 Å². The molecule has 1 aromatic rings. The lowest BCUT2D eigenvalue weighted by atomic mass is 10.1. The number of hydrogen-bond donors (Lipinski definition) is 1. The number of aromatic nitrogens is 2. The lowest BCUT2D eigenvalue weighted by molar-refractivity contribution is 0.415. The Morgan fingerprint density at radius 2 is 2.07 bits per heavy atom. The Hall–Kier alpha value is -0.990. The summed E-state index contributed by atoms with van der Waals surface area (Å²) in [6.45, 7) is 9.39. The Labute approximate surface area is 92.1 Å². The molecular weight excluding hydrogens is 188 g/mol. The van der Waals surface area contributed by atoms with Gasteiger partial charge in [-0.3, -0.25) is 4.68 Å². The second kappa shape index (κ2) is 5.19. The van der Waals surface area contributed by atoms with Crippen molar-refractivity contribution >= 4 is 0 Å². The highest BCUT2D eigenvalue weighted by atomic mass is 16.3. The molecule has 0 amide bonds. The topological polar surface area (TPSA) is 38.1 Å². The summed E-state index contributed by atoms with van der Waals surface area (Å²) in [5.41, 5.74) is 2.15. The molecule has 0 saturated carbocycles. The zero-order valence-corrected chi connectivity index (χ0v) is 10.2. The van der Waals surface area contributed by atoms with Gasteiger partial charge in [0, 0.05) is 17.8 Å². The highest BCUT2D eigenvalue weighted by Gasteiger charge is 2.13. The van der Waals surface area contributed by atoms with Crippen molar-refractivity contribution in [2.45, 2.75) is 53.5 Å². The molecule has 0 aromatic carbocycles. The third-order valence-corrected chi connectivity index (χ3v) is 2.63. The molecule has 0 spiro atoms. The largest absolute Gasteiger partial charge is 0.492 e. The normalized spacial score (nSPS) is 11.3. The van der Waals surface area contributed by atoms with E-state index in [1.165, 1.54) is 0 Å². The fourth-order valence-corrected chi connectivity index (χ4v) is 1.74. The molecule has 0 aliphatic heterocycles. The zero-order chi connectivity index (χ0) is 11.4. The van der Waals surface area contributed by atoms with E-state index < -0.39 is 0 Å². The summed E-state index contributed by atoms with van der Waals surface area (Å²) in [5.74, 6) is 0.781. The van der Waals surface area contributed by atoms with Gasteiger partial charge in [0.1, 0.15) is 0 Å². The molecule has 0 unspecified atom stereocenters. The standard InChI is InChI=1S/C12H22N2O/c1-5-6-7-11-10(4)14(8-9(2)3)13-12(11)15/h9H,5-8H2,1-4H3,(H,13,15). The predicted molar refractivity (Wildman–Crippen MR) is 62.1 cm³/mol. The van der Waals surface area contributed by atoms with Gasteiger partial charge in [0.05, 0.1) is 0 Å². The summed E-state index contributed by atoms with van der Waals surface area (Å²) in [6, 6.07) is 0. The van der Waals surface area contributed by atoms with Crippen LogP contribution in [0.5, 0.6) is 5.88 Å². The molecule has 0 fully saturated rings. The van der Waals surface area contributed by atoms with Crippen LogP contribution in [0, 0.1) is 12.8 Å². The van der Waals surface area contributed by atoms with Crippen molar-refractivity contribution in [1.82, 2.24) is 9.78 Å². The van der Waals surface area contributed by atoms with E-state index in [2.05, 4.69) is 25.9 Å². The van der Waals surface area contributed by atoms with Crippen LogP contribution in [0.25, 0.3) is 0 Å². The van der Waals surface area contributed by atoms with Crippen LogP contribution in [0.4, 0.5) is 0 Å². The molecule has 0 bridgehead atoms. The first-order valence-corrected chi connectivity index (χ1v) is 5.81. The summed E-state index contributed by atoms with van der Waals surface area (Å²) < 4.78 is 1.92. The molecule has 1 rings (SSSR count). The average molecular weight is 210 g/mol. The summed E-state index contributed by atoms with van der Waals surface area (Å²) in [5, 5.41) is 13.9. The molecule has 3 nitrogen and oxygen atoms in total. The Balaban J connectivity index is 2.83. The van der Waals surface area contributed by atoms with E-state index in [4.69, 9.17) is 0 Å². The van der Waals surface area contributed by atoms with E-state index in [0.717, 1.165) is 37.1 Å². The molecular formula is C12H22N2O. The lowest BCUT2D eigenvalue weighted by Crippen LogP contribution is -2.08. The van der Waals surface area contributed by atoms with E-state index in [1.807, 2.05) is 11.6 Å². The summed E-state index contributed by atoms with van der Waals surface area (Å²) in [4.78, 5) is 0. The van der Waals surface area contributed by atoms with Gasteiger partial charge >= 0.3 is 0 Å². The first-order chi connectivity index (χ1) is 7.06. The van der Waals surface area contributed by atoms with Gasteiger partial charge in [-0.1, -0.05) is 27.2 Å². The third-order valence-electron chi connectivity index (χ3n) is 2.63. The van der Waals surface area contributed by atoms with E-state index in [0.29, 0.717) is 5.92 Å². The summed E-state index contributed by atoms with van der Waals surface area (Å²) in [6.07, 6.45) is 3.20. The van der Waals surface area contributed by atoms with E-state index >= 15 is 0 Å². The van der Waals surface area contributed by atoms with Crippen LogP contribution in [-0.4, -0.2) is 14.9 Å². The summed E-state index contributed by atoms with van der Waals surface area (Å²) >= 11 is 0. The second-order valence-electron chi connectivity index (χ2n) is 4.57. The molecule has 0 atom stereocenters. The van der Waals surface area contributed by atoms with E-state index in [9.17, 15) is 5.11 Å². The Morgan fingerprint density at radius 1 is 1.40 bits per heavy atom. The molecule has 3 heteroatoms. The molecule has 1 heterocycles. The van der Waals surface area contributed by atoms with Crippen molar-refractivity contribution in [3.63, 3.8) is 0 Å². The van der Waals surface area contributed by atoms with Gasteiger partial charge in [0.15, 0.2) is 0 Å². The number of nitrogens with zero attached hydrogens (tertiary/aromatic N) is 2. The minimum Gasteiger partial charge on any atom is -0.492 e. The molecule has 15 heavy (non-hydrogen) atoms. The van der Waals surface area contributed by atoms with E-state index in [1.54, 1.807) is 0 Å². The Kier molecular flexibility index (Phi) is 4.18. The van der Waals surface area contributed by atoms with Crippen molar-refractivity contribution in [3.05, 3.63) is 11.3 Å². The van der Waals surface area contributed by atoms with Crippen molar-refractivity contribution in [3.8, 4) is 5.88 Å². The van der Waals surface area contributed by atoms with Gasteiger partial charge in [0.2, 0.25) is 5.88 Å². The molecule has 0 saturated heterocycles. The monoisotopic (exact) mass is 210 g/mol. The van der Waals surface area contributed by atoms with Crippen LogP contribution < -0.4 is 0 Å². The smallest absolute Gasteiger partial charge is 0.233 e. The van der Waals surface area contributed by atoms with Crippen LogP contribution in [0.1, 0.15) is 44.9 Å². The van der Waals surface area contributed by atoms with Gasteiger partial charge in [-0.15, -0.1) is 5.10 Å². The zero-order valence-electron chi connectivity index (χ0n) is 10.2. The maximum absolute atomic E-state index is 9.72. The number of hydrogen-bond acceptors (Lipinski definition) is 2. The van der Waals surface area contributed by atoms with Gasteiger partial charge in [0.25, 0.3) is 0 Å². The van der Waals surface area contributed by atoms with Crippen LogP contribution in [-0.2, 0) is 13.0 Å². The van der Waals surface area contributed by atoms with Gasteiger partial charge in [-0.25, -0.2) is 0 Å². The molecule has 0 aliphatic carbocycles. The lowest BCUT2D eigenvalue weighted by Gasteiger charge is -2.07.